The maximum absolute atomic E-state index is 4.06. The standard InChI is InChI=1S/C8H14N4/c1-12-6-10-11-8(12)4-7-2-3-9-5-7/h6-7,9H,2-5H2,1H3/t7-/m0/s1. The van der Waals surface area contributed by atoms with Crippen LogP contribution in [0.1, 0.15) is 12.2 Å². The zero-order valence-corrected chi connectivity index (χ0v) is 7.32. The van der Waals surface area contributed by atoms with Gasteiger partial charge in [0, 0.05) is 13.5 Å². The Morgan fingerprint density at radius 2 is 2.67 bits per heavy atom. The van der Waals surface area contributed by atoms with Crippen LogP contribution in [0.25, 0.3) is 0 Å². The first-order chi connectivity index (χ1) is 5.86. The first-order valence-corrected chi connectivity index (χ1v) is 4.40. The highest BCUT2D eigenvalue weighted by Gasteiger charge is 2.16. The number of hydrogen-bond donors (Lipinski definition) is 1. The summed E-state index contributed by atoms with van der Waals surface area (Å²) >= 11 is 0. The first-order valence-electron chi connectivity index (χ1n) is 4.40. The van der Waals surface area contributed by atoms with E-state index in [0.717, 1.165) is 31.3 Å². The van der Waals surface area contributed by atoms with Crippen LogP contribution in [-0.2, 0) is 13.5 Å². The number of nitrogens with zero attached hydrogens (tertiary/aromatic N) is 3. The summed E-state index contributed by atoms with van der Waals surface area (Å²) in [4.78, 5) is 0. The van der Waals surface area contributed by atoms with Crippen molar-refractivity contribution in [1.82, 2.24) is 20.1 Å². The molecule has 0 radical (unpaired) electrons. The van der Waals surface area contributed by atoms with Gasteiger partial charge in [-0.15, -0.1) is 10.2 Å². The molecular formula is C8H14N4. The third-order valence-electron chi connectivity index (χ3n) is 2.44. The lowest BCUT2D eigenvalue weighted by Crippen LogP contribution is -2.12. The Morgan fingerprint density at radius 3 is 3.25 bits per heavy atom. The van der Waals surface area contributed by atoms with Crippen LogP contribution < -0.4 is 5.32 Å². The van der Waals surface area contributed by atoms with Crippen molar-refractivity contribution >= 4 is 0 Å². The number of nitrogens with one attached hydrogen (secondary N) is 1. The molecule has 1 saturated heterocycles. The summed E-state index contributed by atoms with van der Waals surface area (Å²) in [5.74, 6) is 1.86. The highest BCUT2D eigenvalue weighted by Crippen LogP contribution is 2.12. The van der Waals surface area contributed by atoms with E-state index in [1.807, 2.05) is 11.6 Å². The van der Waals surface area contributed by atoms with Gasteiger partial charge in [0.1, 0.15) is 12.2 Å². The smallest absolute Gasteiger partial charge is 0.132 e. The van der Waals surface area contributed by atoms with Crippen molar-refractivity contribution in [2.45, 2.75) is 12.8 Å². The molecule has 66 valence electrons. The van der Waals surface area contributed by atoms with E-state index >= 15 is 0 Å². The van der Waals surface area contributed by atoms with Crippen molar-refractivity contribution < 1.29 is 0 Å². The molecule has 4 heteroatoms. The molecule has 2 heterocycles. The minimum absolute atomic E-state index is 0.757. The van der Waals surface area contributed by atoms with Crippen LogP contribution in [0, 0.1) is 5.92 Å². The highest BCUT2D eigenvalue weighted by molar-refractivity contribution is 4.89. The van der Waals surface area contributed by atoms with Gasteiger partial charge in [-0.2, -0.15) is 0 Å². The summed E-state index contributed by atoms with van der Waals surface area (Å²) in [7, 11) is 2.00. The Bertz CT molecular complexity index is 249. The van der Waals surface area contributed by atoms with Gasteiger partial charge < -0.3 is 9.88 Å². The summed E-state index contributed by atoms with van der Waals surface area (Å²) in [5.41, 5.74) is 0. The second kappa shape index (κ2) is 3.23. The number of aryl methyl sites for hydroxylation is 1. The topological polar surface area (TPSA) is 42.7 Å². The fourth-order valence-electron chi connectivity index (χ4n) is 1.64. The molecule has 1 aliphatic heterocycles. The molecule has 1 fully saturated rings. The van der Waals surface area contributed by atoms with E-state index in [1.54, 1.807) is 6.33 Å². The second-order valence-corrected chi connectivity index (χ2v) is 3.42. The van der Waals surface area contributed by atoms with Crippen LogP contribution >= 0.6 is 0 Å². The molecule has 1 aromatic heterocycles. The SMILES string of the molecule is Cn1cnnc1C[C@@H]1CCNC1. The Labute approximate surface area is 72.0 Å². The lowest BCUT2D eigenvalue weighted by atomic mass is 10.1. The summed E-state index contributed by atoms with van der Waals surface area (Å²) in [6.45, 7) is 2.29. The van der Waals surface area contributed by atoms with Gasteiger partial charge in [0.25, 0.3) is 0 Å². The highest BCUT2D eigenvalue weighted by atomic mass is 15.2. The lowest BCUT2D eigenvalue weighted by molar-refractivity contribution is 0.548. The third-order valence-corrected chi connectivity index (χ3v) is 2.44. The van der Waals surface area contributed by atoms with Crippen molar-refractivity contribution in [2.24, 2.45) is 13.0 Å². The average molecular weight is 166 g/mol. The maximum atomic E-state index is 4.06. The van der Waals surface area contributed by atoms with Crippen LogP contribution in [0.2, 0.25) is 0 Å². The van der Waals surface area contributed by atoms with Gasteiger partial charge in [-0.3, -0.25) is 0 Å². The summed E-state index contributed by atoms with van der Waals surface area (Å²) in [5, 5.41) is 11.3. The zero-order valence-electron chi connectivity index (χ0n) is 7.32. The molecule has 2 rings (SSSR count). The molecule has 0 unspecified atom stereocenters. The summed E-state index contributed by atoms with van der Waals surface area (Å²) in [6.07, 6.45) is 4.09. The minimum Gasteiger partial charge on any atom is -0.321 e. The molecular weight excluding hydrogens is 152 g/mol. The Balaban J connectivity index is 1.98. The van der Waals surface area contributed by atoms with E-state index in [9.17, 15) is 0 Å². The zero-order chi connectivity index (χ0) is 8.39. The molecule has 0 bridgehead atoms. The van der Waals surface area contributed by atoms with E-state index in [4.69, 9.17) is 0 Å². The van der Waals surface area contributed by atoms with Crippen LogP contribution in [0.3, 0.4) is 0 Å². The van der Waals surface area contributed by atoms with Gasteiger partial charge in [-0.1, -0.05) is 0 Å². The monoisotopic (exact) mass is 166 g/mol. The molecule has 0 aromatic carbocycles. The molecule has 4 nitrogen and oxygen atoms in total. The Morgan fingerprint density at radius 1 is 1.75 bits per heavy atom. The van der Waals surface area contributed by atoms with E-state index in [2.05, 4.69) is 15.5 Å². The fourth-order valence-corrected chi connectivity index (χ4v) is 1.64. The second-order valence-electron chi connectivity index (χ2n) is 3.42. The number of rotatable bonds is 2. The largest absolute Gasteiger partial charge is 0.321 e. The van der Waals surface area contributed by atoms with Crippen molar-refractivity contribution in [2.75, 3.05) is 13.1 Å². The number of hydrogen-bond acceptors (Lipinski definition) is 3. The molecule has 1 N–H and O–H groups in total. The Hall–Kier alpha value is -0.900. The van der Waals surface area contributed by atoms with E-state index in [1.165, 1.54) is 6.42 Å². The summed E-state index contributed by atoms with van der Waals surface area (Å²) in [6, 6.07) is 0. The molecule has 1 atom stereocenters. The van der Waals surface area contributed by atoms with Gasteiger partial charge in [0.2, 0.25) is 0 Å². The first kappa shape index (κ1) is 7.73. The molecule has 1 aromatic rings. The maximum Gasteiger partial charge on any atom is 0.132 e. The Kier molecular flexibility index (Phi) is 2.08. The van der Waals surface area contributed by atoms with Crippen LogP contribution in [0.15, 0.2) is 6.33 Å². The molecule has 0 saturated carbocycles. The predicted octanol–water partition coefficient (Wildman–Crippen LogP) is -0.0329. The van der Waals surface area contributed by atoms with Crippen molar-refractivity contribution in [3.8, 4) is 0 Å². The van der Waals surface area contributed by atoms with Crippen LogP contribution in [0.5, 0.6) is 0 Å². The van der Waals surface area contributed by atoms with Crippen molar-refractivity contribution in [3.05, 3.63) is 12.2 Å². The lowest BCUT2D eigenvalue weighted by Gasteiger charge is -2.05. The van der Waals surface area contributed by atoms with Gasteiger partial charge in [0.15, 0.2) is 0 Å². The molecule has 0 amide bonds. The third kappa shape index (κ3) is 1.48. The molecule has 1 aliphatic rings. The van der Waals surface area contributed by atoms with Gasteiger partial charge in [-0.05, 0) is 25.4 Å². The normalized spacial score (nSPS) is 23.2. The fraction of sp³-hybridized carbons (Fsp3) is 0.750. The van der Waals surface area contributed by atoms with Crippen LogP contribution in [-0.4, -0.2) is 27.9 Å². The van der Waals surface area contributed by atoms with E-state index in [-0.39, 0.29) is 0 Å². The van der Waals surface area contributed by atoms with Gasteiger partial charge >= 0.3 is 0 Å². The average Bonchev–Trinajstić information content (AvgIpc) is 2.65. The van der Waals surface area contributed by atoms with E-state index < -0.39 is 0 Å². The number of aromatic nitrogens is 3. The molecule has 12 heavy (non-hydrogen) atoms. The summed E-state index contributed by atoms with van der Waals surface area (Å²) < 4.78 is 2.00. The molecule has 0 spiro atoms. The van der Waals surface area contributed by atoms with E-state index in [0.29, 0.717) is 0 Å². The quantitative estimate of drug-likeness (QED) is 0.670. The van der Waals surface area contributed by atoms with Gasteiger partial charge in [0.05, 0.1) is 0 Å². The van der Waals surface area contributed by atoms with Crippen molar-refractivity contribution in [3.63, 3.8) is 0 Å². The van der Waals surface area contributed by atoms with Gasteiger partial charge in [-0.25, -0.2) is 0 Å². The predicted molar refractivity (Wildman–Crippen MR) is 45.7 cm³/mol. The van der Waals surface area contributed by atoms with Crippen LogP contribution in [0.4, 0.5) is 0 Å². The van der Waals surface area contributed by atoms with Crippen molar-refractivity contribution in [1.29, 1.82) is 0 Å². The molecule has 0 aliphatic carbocycles. The minimum atomic E-state index is 0.757.